The predicted octanol–water partition coefficient (Wildman–Crippen LogP) is -2.02. The van der Waals surface area contributed by atoms with Crippen LogP contribution in [0.3, 0.4) is 0 Å². The van der Waals surface area contributed by atoms with E-state index < -0.39 is 21.7 Å². The second kappa shape index (κ2) is 5.40. The van der Waals surface area contributed by atoms with Crippen molar-refractivity contribution in [3.8, 4) is 0 Å². The van der Waals surface area contributed by atoms with Gasteiger partial charge >= 0.3 is 5.97 Å². The Morgan fingerprint density at radius 2 is 2.33 bits per heavy atom. The van der Waals surface area contributed by atoms with Crippen LogP contribution in [0.15, 0.2) is 0 Å². The molecule has 0 aromatic rings. The highest BCUT2D eigenvalue weighted by molar-refractivity contribution is 7.90. The third kappa shape index (κ3) is 5.07. The predicted molar refractivity (Wildman–Crippen MR) is 52.0 cm³/mol. The molecule has 0 radical (unpaired) electrons. The zero-order valence-electron chi connectivity index (χ0n) is 8.10. The van der Waals surface area contributed by atoms with Crippen LogP contribution in [0.25, 0.3) is 0 Å². The molecule has 7 nitrogen and oxygen atoms in total. The number of aliphatic carboxylic acids is 1. The Kier molecular flexibility index (Phi) is 4.45. The zero-order valence-corrected chi connectivity index (χ0v) is 8.92. The Balaban J connectivity index is 2.31. The van der Waals surface area contributed by atoms with Crippen LogP contribution in [0.2, 0.25) is 0 Å². The van der Waals surface area contributed by atoms with E-state index in [2.05, 4.69) is 10.0 Å². The number of hydrogen-bond donors (Lipinski definition) is 3. The van der Waals surface area contributed by atoms with Crippen LogP contribution in [0.1, 0.15) is 0 Å². The second-order valence-corrected chi connectivity index (χ2v) is 5.01. The van der Waals surface area contributed by atoms with Gasteiger partial charge in [-0.3, -0.25) is 4.79 Å². The third-order valence-corrected chi connectivity index (χ3v) is 3.08. The first kappa shape index (κ1) is 12.4. The number of morpholine rings is 1. The lowest BCUT2D eigenvalue weighted by atomic mass is 10.3. The van der Waals surface area contributed by atoms with Gasteiger partial charge in [0.25, 0.3) is 0 Å². The monoisotopic (exact) mass is 238 g/mol. The summed E-state index contributed by atoms with van der Waals surface area (Å²) in [7, 11) is -3.74. The Labute approximate surface area is 87.9 Å². The van der Waals surface area contributed by atoms with Gasteiger partial charge in [-0.1, -0.05) is 0 Å². The summed E-state index contributed by atoms with van der Waals surface area (Å²) < 4.78 is 29.7. The average molecular weight is 238 g/mol. The van der Waals surface area contributed by atoms with Crippen molar-refractivity contribution in [3.05, 3.63) is 0 Å². The summed E-state index contributed by atoms with van der Waals surface area (Å²) in [6, 6.07) is 0. The SMILES string of the molecule is O=C(O)CS(=O)(=O)NCC1CNCCO1. The molecule has 1 saturated heterocycles. The Hall–Kier alpha value is -0.700. The number of carboxylic acid groups (broad SMARTS) is 1. The molecule has 0 aromatic heterocycles. The maximum Gasteiger partial charge on any atom is 0.320 e. The van der Waals surface area contributed by atoms with Gasteiger partial charge in [0.15, 0.2) is 5.75 Å². The van der Waals surface area contributed by atoms with Gasteiger partial charge in [-0.25, -0.2) is 13.1 Å². The molecule has 0 amide bonds. The van der Waals surface area contributed by atoms with Crippen molar-refractivity contribution in [2.75, 3.05) is 32.0 Å². The van der Waals surface area contributed by atoms with Gasteiger partial charge in [-0.15, -0.1) is 0 Å². The molecule has 0 aliphatic carbocycles. The van der Waals surface area contributed by atoms with E-state index in [1.54, 1.807) is 0 Å². The number of nitrogens with one attached hydrogen (secondary N) is 2. The topological polar surface area (TPSA) is 105 Å². The average Bonchev–Trinajstić information content (AvgIpc) is 2.15. The molecule has 1 fully saturated rings. The molecule has 3 N–H and O–H groups in total. The van der Waals surface area contributed by atoms with Crippen molar-refractivity contribution in [1.29, 1.82) is 0 Å². The number of carbonyl (C=O) groups is 1. The molecule has 1 unspecified atom stereocenters. The van der Waals surface area contributed by atoms with E-state index >= 15 is 0 Å². The normalized spacial score (nSPS) is 22.5. The summed E-state index contributed by atoms with van der Waals surface area (Å²) in [5.74, 6) is -2.28. The lowest BCUT2D eigenvalue weighted by molar-refractivity contribution is -0.134. The summed E-state index contributed by atoms with van der Waals surface area (Å²) in [4.78, 5) is 10.2. The lowest BCUT2D eigenvalue weighted by Crippen LogP contribution is -2.45. The van der Waals surface area contributed by atoms with Crippen LogP contribution < -0.4 is 10.0 Å². The zero-order chi connectivity index (χ0) is 11.3. The minimum atomic E-state index is -3.74. The third-order valence-electron chi connectivity index (χ3n) is 1.85. The maximum atomic E-state index is 11.1. The molecular weight excluding hydrogens is 224 g/mol. The maximum absolute atomic E-state index is 11.1. The van der Waals surface area contributed by atoms with Crippen LogP contribution in [0, 0.1) is 0 Å². The van der Waals surface area contributed by atoms with Gasteiger partial charge in [0.05, 0.1) is 12.7 Å². The van der Waals surface area contributed by atoms with Crippen molar-refractivity contribution < 1.29 is 23.1 Å². The molecule has 1 rings (SSSR count). The number of sulfonamides is 1. The van der Waals surface area contributed by atoms with Crippen molar-refractivity contribution in [2.24, 2.45) is 0 Å². The first-order valence-electron chi connectivity index (χ1n) is 4.51. The molecule has 0 aromatic carbocycles. The summed E-state index contributed by atoms with van der Waals surface area (Å²) in [5, 5.41) is 11.4. The van der Waals surface area contributed by atoms with E-state index in [-0.39, 0.29) is 12.6 Å². The van der Waals surface area contributed by atoms with Crippen molar-refractivity contribution >= 4 is 16.0 Å². The molecule has 1 atom stereocenters. The largest absolute Gasteiger partial charge is 0.480 e. The summed E-state index contributed by atoms with van der Waals surface area (Å²) >= 11 is 0. The molecule has 0 spiro atoms. The Bertz CT molecular complexity index is 309. The molecular formula is C7H14N2O5S. The van der Waals surface area contributed by atoms with Gasteiger partial charge in [0.2, 0.25) is 10.0 Å². The van der Waals surface area contributed by atoms with Crippen LogP contribution in [0.5, 0.6) is 0 Å². The molecule has 15 heavy (non-hydrogen) atoms. The molecule has 1 heterocycles. The number of rotatable bonds is 5. The first-order chi connectivity index (χ1) is 6.99. The van der Waals surface area contributed by atoms with Gasteiger partial charge in [0.1, 0.15) is 0 Å². The number of carboxylic acids is 1. The number of ether oxygens (including phenoxy) is 1. The fourth-order valence-electron chi connectivity index (χ4n) is 1.18. The van der Waals surface area contributed by atoms with Crippen molar-refractivity contribution in [2.45, 2.75) is 6.10 Å². The van der Waals surface area contributed by atoms with E-state index in [4.69, 9.17) is 9.84 Å². The fraction of sp³-hybridized carbons (Fsp3) is 0.857. The van der Waals surface area contributed by atoms with Gasteiger partial charge in [-0.05, 0) is 0 Å². The molecule has 8 heteroatoms. The van der Waals surface area contributed by atoms with Crippen LogP contribution in [0.4, 0.5) is 0 Å². The van der Waals surface area contributed by atoms with Gasteiger partial charge in [-0.2, -0.15) is 0 Å². The van der Waals surface area contributed by atoms with E-state index in [0.717, 1.165) is 6.54 Å². The van der Waals surface area contributed by atoms with E-state index in [1.165, 1.54) is 0 Å². The van der Waals surface area contributed by atoms with Crippen LogP contribution >= 0.6 is 0 Å². The van der Waals surface area contributed by atoms with E-state index in [0.29, 0.717) is 13.2 Å². The standard InChI is InChI=1S/C7H14N2O5S/c10-7(11)5-15(12,13)9-4-6-3-8-1-2-14-6/h6,8-9H,1-5H2,(H,10,11). The fourth-order valence-corrected chi connectivity index (χ4v) is 2.05. The highest BCUT2D eigenvalue weighted by Crippen LogP contribution is 1.95. The van der Waals surface area contributed by atoms with E-state index in [9.17, 15) is 13.2 Å². The summed E-state index contributed by atoms with van der Waals surface area (Å²) in [5.41, 5.74) is 0. The molecule has 1 aliphatic rings. The first-order valence-corrected chi connectivity index (χ1v) is 6.16. The minimum Gasteiger partial charge on any atom is -0.480 e. The van der Waals surface area contributed by atoms with Gasteiger partial charge in [0, 0.05) is 19.6 Å². The van der Waals surface area contributed by atoms with Crippen molar-refractivity contribution in [1.82, 2.24) is 10.0 Å². The highest BCUT2D eigenvalue weighted by Gasteiger charge is 2.19. The summed E-state index contributed by atoms with van der Waals surface area (Å²) in [6.45, 7) is 1.95. The number of hydrogen-bond acceptors (Lipinski definition) is 5. The quantitative estimate of drug-likeness (QED) is 0.510. The highest BCUT2D eigenvalue weighted by atomic mass is 32.2. The molecule has 0 bridgehead atoms. The Morgan fingerprint density at radius 1 is 1.60 bits per heavy atom. The smallest absolute Gasteiger partial charge is 0.320 e. The van der Waals surface area contributed by atoms with Crippen molar-refractivity contribution in [3.63, 3.8) is 0 Å². The molecule has 0 saturated carbocycles. The van der Waals surface area contributed by atoms with Gasteiger partial charge < -0.3 is 15.2 Å². The molecule has 88 valence electrons. The Morgan fingerprint density at radius 3 is 2.87 bits per heavy atom. The summed E-state index contributed by atoms with van der Waals surface area (Å²) in [6.07, 6.45) is -0.234. The second-order valence-electron chi connectivity index (χ2n) is 3.20. The van der Waals surface area contributed by atoms with E-state index in [1.807, 2.05) is 0 Å². The van der Waals surface area contributed by atoms with Crippen LogP contribution in [-0.4, -0.2) is 57.6 Å². The van der Waals surface area contributed by atoms with Crippen LogP contribution in [-0.2, 0) is 19.6 Å². The minimum absolute atomic E-state index is 0.0998. The molecule has 1 aliphatic heterocycles. The lowest BCUT2D eigenvalue weighted by Gasteiger charge is -2.23.